The van der Waals surface area contributed by atoms with Gasteiger partial charge in [0.25, 0.3) is 0 Å². The van der Waals surface area contributed by atoms with Gasteiger partial charge in [0.05, 0.1) is 6.20 Å². The van der Waals surface area contributed by atoms with Gasteiger partial charge in [0.1, 0.15) is 6.54 Å². The van der Waals surface area contributed by atoms with E-state index in [2.05, 4.69) is 10.4 Å². The van der Waals surface area contributed by atoms with Crippen molar-refractivity contribution >= 4 is 29.2 Å². The van der Waals surface area contributed by atoms with Gasteiger partial charge in [-0.25, -0.2) is 4.79 Å². The fourth-order valence-corrected chi connectivity index (χ4v) is 3.12. The molecule has 7 nitrogen and oxygen atoms in total. The molecule has 1 aromatic carbocycles. The average Bonchev–Trinajstić information content (AvgIpc) is 2.85. The van der Waals surface area contributed by atoms with Crippen LogP contribution in [0.3, 0.4) is 0 Å². The Hall–Kier alpha value is -2.54. The Kier molecular flexibility index (Phi) is 5.78. The summed E-state index contributed by atoms with van der Waals surface area (Å²) in [6.45, 7) is 4.42. The SMILES string of the molecule is Cc1cnn(CC(=O)N2CCCN(C(=O)Nc3cccc(Cl)c3)CC2)c1. The number of hydrogen-bond acceptors (Lipinski definition) is 3. The number of benzene rings is 1. The standard InChI is InChI=1S/C18H22ClN5O2/c1-14-11-20-24(12-14)13-17(25)22-6-3-7-23(9-8-22)18(26)21-16-5-2-4-15(19)10-16/h2,4-5,10-12H,3,6-9,13H2,1H3,(H,21,26). The van der Waals surface area contributed by atoms with Crippen molar-refractivity contribution in [1.29, 1.82) is 0 Å². The number of rotatable bonds is 3. The monoisotopic (exact) mass is 375 g/mol. The Morgan fingerprint density at radius 2 is 1.96 bits per heavy atom. The molecule has 0 bridgehead atoms. The molecule has 1 N–H and O–H groups in total. The van der Waals surface area contributed by atoms with E-state index < -0.39 is 0 Å². The summed E-state index contributed by atoms with van der Waals surface area (Å²) < 4.78 is 1.65. The molecular weight excluding hydrogens is 354 g/mol. The van der Waals surface area contributed by atoms with Gasteiger partial charge in [0.15, 0.2) is 0 Å². The van der Waals surface area contributed by atoms with E-state index in [0.717, 1.165) is 12.0 Å². The van der Waals surface area contributed by atoms with Crippen LogP contribution in [-0.4, -0.2) is 57.7 Å². The van der Waals surface area contributed by atoms with Crippen LogP contribution in [-0.2, 0) is 11.3 Å². The molecule has 0 unspecified atom stereocenters. The molecule has 2 heterocycles. The van der Waals surface area contributed by atoms with Crippen molar-refractivity contribution in [3.05, 3.63) is 47.2 Å². The van der Waals surface area contributed by atoms with Crippen molar-refractivity contribution in [1.82, 2.24) is 19.6 Å². The molecule has 3 amide bonds. The molecule has 1 fully saturated rings. The summed E-state index contributed by atoms with van der Waals surface area (Å²) in [5, 5.41) is 7.58. The van der Waals surface area contributed by atoms with Crippen molar-refractivity contribution in [2.45, 2.75) is 19.9 Å². The van der Waals surface area contributed by atoms with Gasteiger partial charge in [-0.3, -0.25) is 9.48 Å². The van der Waals surface area contributed by atoms with E-state index in [1.807, 2.05) is 13.1 Å². The topological polar surface area (TPSA) is 70.5 Å². The molecule has 1 aromatic heterocycles. The lowest BCUT2D eigenvalue weighted by Gasteiger charge is -2.22. The molecule has 1 aliphatic heterocycles. The quantitative estimate of drug-likeness (QED) is 0.896. The summed E-state index contributed by atoms with van der Waals surface area (Å²) in [7, 11) is 0. The zero-order chi connectivity index (χ0) is 18.5. The Morgan fingerprint density at radius 1 is 1.19 bits per heavy atom. The van der Waals surface area contributed by atoms with E-state index in [0.29, 0.717) is 36.9 Å². The number of nitrogens with zero attached hydrogens (tertiary/aromatic N) is 4. The van der Waals surface area contributed by atoms with Crippen LogP contribution in [0.15, 0.2) is 36.7 Å². The first-order chi connectivity index (χ1) is 12.5. The number of nitrogens with one attached hydrogen (secondary N) is 1. The van der Waals surface area contributed by atoms with Crippen LogP contribution in [0.4, 0.5) is 10.5 Å². The number of aromatic nitrogens is 2. The second-order valence-corrected chi connectivity index (χ2v) is 6.81. The molecule has 3 rings (SSSR count). The Bertz CT molecular complexity index is 791. The van der Waals surface area contributed by atoms with E-state index in [4.69, 9.17) is 11.6 Å². The number of urea groups is 1. The summed E-state index contributed by atoms with van der Waals surface area (Å²) in [6.07, 6.45) is 4.32. The number of aryl methyl sites for hydroxylation is 1. The maximum atomic E-state index is 12.5. The first-order valence-corrected chi connectivity index (χ1v) is 8.97. The summed E-state index contributed by atoms with van der Waals surface area (Å²) in [4.78, 5) is 28.4. The summed E-state index contributed by atoms with van der Waals surface area (Å²) in [6, 6.07) is 6.87. The van der Waals surface area contributed by atoms with Gasteiger partial charge in [0, 0.05) is 43.1 Å². The fraction of sp³-hybridized carbons (Fsp3) is 0.389. The van der Waals surface area contributed by atoms with Crippen LogP contribution >= 0.6 is 11.6 Å². The van der Waals surface area contributed by atoms with Crippen molar-refractivity contribution in [3.63, 3.8) is 0 Å². The van der Waals surface area contributed by atoms with Gasteiger partial charge in [0.2, 0.25) is 5.91 Å². The van der Waals surface area contributed by atoms with E-state index in [1.54, 1.807) is 44.9 Å². The largest absolute Gasteiger partial charge is 0.339 e. The van der Waals surface area contributed by atoms with Crippen LogP contribution in [0.2, 0.25) is 5.02 Å². The molecule has 1 saturated heterocycles. The molecule has 0 atom stereocenters. The number of carbonyl (C=O) groups excluding carboxylic acids is 2. The molecule has 2 aromatic rings. The van der Waals surface area contributed by atoms with Crippen molar-refractivity contribution in [3.8, 4) is 0 Å². The van der Waals surface area contributed by atoms with Gasteiger partial charge in [-0.1, -0.05) is 17.7 Å². The normalized spacial score (nSPS) is 14.8. The Labute approximate surface area is 157 Å². The van der Waals surface area contributed by atoms with E-state index in [1.165, 1.54) is 0 Å². The average molecular weight is 376 g/mol. The zero-order valence-electron chi connectivity index (χ0n) is 14.7. The van der Waals surface area contributed by atoms with Gasteiger partial charge in [-0.15, -0.1) is 0 Å². The van der Waals surface area contributed by atoms with Crippen LogP contribution in [0.1, 0.15) is 12.0 Å². The highest BCUT2D eigenvalue weighted by molar-refractivity contribution is 6.30. The number of halogens is 1. The van der Waals surface area contributed by atoms with Gasteiger partial charge in [-0.05, 0) is 37.1 Å². The van der Waals surface area contributed by atoms with E-state index in [-0.39, 0.29) is 18.5 Å². The molecule has 8 heteroatoms. The summed E-state index contributed by atoms with van der Waals surface area (Å²) in [5.74, 6) is 0.0187. The minimum Gasteiger partial charge on any atom is -0.339 e. The van der Waals surface area contributed by atoms with E-state index in [9.17, 15) is 9.59 Å². The Morgan fingerprint density at radius 3 is 2.69 bits per heavy atom. The highest BCUT2D eigenvalue weighted by Gasteiger charge is 2.22. The minimum atomic E-state index is -0.177. The highest BCUT2D eigenvalue weighted by Crippen LogP contribution is 2.16. The van der Waals surface area contributed by atoms with Crippen molar-refractivity contribution in [2.24, 2.45) is 0 Å². The summed E-state index contributed by atoms with van der Waals surface area (Å²) >= 11 is 5.95. The predicted octanol–water partition coefficient (Wildman–Crippen LogP) is 2.61. The lowest BCUT2D eigenvalue weighted by atomic mass is 10.3. The first kappa shape index (κ1) is 18.3. The molecule has 0 radical (unpaired) electrons. The fourth-order valence-electron chi connectivity index (χ4n) is 2.93. The number of anilines is 1. The zero-order valence-corrected chi connectivity index (χ0v) is 15.4. The van der Waals surface area contributed by atoms with Crippen molar-refractivity contribution < 1.29 is 9.59 Å². The van der Waals surface area contributed by atoms with E-state index >= 15 is 0 Å². The van der Waals surface area contributed by atoms with Crippen molar-refractivity contribution in [2.75, 3.05) is 31.5 Å². The van der Waals surface area contributed by atoms with Crippen LogP contribution < -0.4 is 5.32 Å². The number of amides is 3. The maximum absolute atomic E-state index is 12.5. The second-order valence-electron chi connectivity index (χ2n) is 6.38. The molecule has 138 valence electrons. The molecule has 0 saturated carbocycles. The van der Waals surface area contributed by atoms with Gasteiger partial charge in [-0.2, -0.15) is 5.10 Å². The minimum absolute atomic E-state index is 0.0187. The molecule has 1 aliphatic rings. The third-order valence-electron chi connectivity index (χ3n) is 4.27. The maximum Gasteiger partial charge on any atom is 0.321 e. The smallest absolute Gasteiger partial charge is 0.321 e. The molecule has 0 spiro atoms. The van der Waals surface area contributed by atoms with Gasteiger partial charge >= 0.3 is 6.03 Å². The van der Waals surface area contributed by atoms with Gasteiger partial charge < -0.3 is 15.1 Å². The third-order valence-corrected chi connectivity index (χ3v) is 4.51. The lowest BCUT2D eigenvalue weighted by molar-refractivity contribution is -0.131. The van der Waals surface area contributed by atoms with Crippen LogP contribution in [0.5, 0.6) is 0 Å². The van der Waals surface area contributed by atoms with Crippen LogP contribution in [0.25, 0.3) is 0 Å². The molecule has 26 heavy (non-hydrogen) atoms. The second kappa shape index (κ2) is 8.23. The summed E-state index contributed by atoms with van der Waals surface area (Å²) in [5.41, 5.74) is 1.69. The third kappa shape index (κ3) is 4.76. The Balaban J connectivity index is 1.54. The number of hydrogen-bond donors (Lipinski definition) is 1. The predicted molar refractivity (Wildman–Crippen MR) is 100 cm³/mol. The molecule has 0 aliphatic carbocycles. The van der Waals surface area contributed by atoms with Crippen LogP contribution in [0, 0.1) is 6.92 Å². The first-order valence-electron chi connectivity index (χ1n) is 8.59. The molecular formula is C18H22ClN5O2. The highest BCUT2D eigenvalue weighted by atomic mass is 35.5. The number of carbonyl (C=O) groups is 2. The lowest BCUT2D eigenvalue weighted by Crippen LogP contribution is -2.40.